The van der Waals surface area contributed by atoms with Crippen LogP contribution in [0.5, 0.6) is 0 Å². The average Bonchev–Trinajstić information content (AvgIpc) is 3.26. The number of aliphatic hydroxyl groups excluding tert-OH is 1. The second kappa shape index (κ2) is 8.06. The topological polar surface area (TPSA) is 66.8 Å². The molecule has 1 N–H and O–H groups in total. The third-order valence-corrected chi connectivity index (χ3v) is 5.81. The number of Topliss-reactive ketones (excluding diaryl/α,β-unsaturated/α-hetero) is 1. The molecule has 1 saturated heterocycles. The Balaban J connectivity index is 2.09. The van der Waals surface area contributed by atoms with Gasteiger partial charge in [0.05, 0.1) is 11.6 Å². The predicted molar refractivity (Wildman–Crippen MR) is 106 cm³/mol. The number of ketones is 1. The second-order valence-corrected chi connectivity index (χ2v) is 7.63. The van der Waals surface area contributed by atoms with Crippen LogP contribution >= 0.6 is 11.3 Å². The lowest BCUT2D eigenvalue weighted by atomic mass is 9.97. The third kappa shape index (κ3) is 3.68. The molecule has 1 aromatic carbocycles. The number of ether oxygens (including phenoxy) is 1. The minimum atomic E-state index is -0.637. The van der Waals surface area contributed by atoms with Crippen LogP contribution in [-0.2, 0) is 14.3 Å². The molecule has 6 heteroatoms. The van der Waals surface area contributed by atoms with E-state index >= 15 is 0 Å². The molecule has 5 nitrogen and oxygen atoms in total. The summed E-state index contributed by atoms with van der Waals surface area (Å²) in [4.78, 5) is 27.9. The molecule has 0 spiro atoms. The van der Waals surface area contributed by atoms with Crippen LogP contribution < -0.4 is 0 Å². The Morgan fingerprint density at radius 2 is 2.00 bits per heavy atom. The number of rotatable bonds is 6. The molecule has 27 heavy (non-hydrogen) atoms. The summed E-state index contributed by atoms with van der Waals surface area (Å²) in [5.74, 6) is -1.33. The minimum absolute atomic E-state index is 0.121. The van der Waals surface area contributed by atoms with E-state index in [1.165, 1.54) is 11.3 Å². The largest absolute Gasteiger partial charge is 0.507 e. The molecule has 2 aromatic rings. The van der Waals surface area contributed by atoms with Gasteiger partial charge in [-0.05, 0) is 48.9 Å². The molecule has 142 valence electrons. The summed E-state index contributed by atoms with van der Waals surface area (Å²) in [5, 5.41) is 12.8. The van der Waals surface area contributed by atoms with Gasteiger partial charge >= 0.3 is 0 Å². The van der Waals surface area contributed by atoms with Crippen molar-refractivity contribution in [1.82, 2.24) is 4.90 Å². The van der Waals surface area contributed by atoms with Crippen LogP contribution in [-0.4, -0.2) is 42.0 Å². The van der Waals surface area contributed by atoms with Crippen molar-refractivity contribution < 1.29 is 19.4 Å². The van der Waals surface area contributed by atoms with E-state index in [1.54, 1.807) is 18.1 Å². The molecule has 1 fully saturated rings. The lowest BCUT2D eigenvalue weighted by molar-refractivity contribution is -0.140. The molecule has 0 bridgehead atoms. The fraction of sp³-hybridized carbons (Fsp3) is 0.333. The Kier molecular flexibility index (Phi) is 5.77. The maximum atomic E-state index is 12.8. The van der Waals surface area contributed by atoms with Crippen molar-refractivity contribution in [3.8, 4) is 0 Å². The zero-order valence-electron chi connectivity index (χ0n) is 15.7. The lowest BCUT2D eigenvalue weighted by Gasteiger charge is -2.24. The summed E-state index contributed by atoms with van der Waals surface area (Å²) in [7, 11) is 1.60. The van der Waals surface area contributed by atoms with Gasteiger partial charge in [-0.25, -0.2) is 0 Å². The first-order valence-corrected chi connectivity index (χ1v) is 9.72. The lowest BCUT2D eigenvalue weighted by Crippen LogP contribution is -2.31. The van der Waals surface area contributed by atoms with Crippen molar-refractivity contribution in [1.29, 1.82) is 0 Å². The number of aliphatic hydroxyl groups is 1. The first-order valence-electron chi connectivity index (χ1n) is 8.84. The number of carbonyl (C=O) groups is 2. The molecule has 0 radical (unpaired) electrons. The number of amides is 1. The van der Waals surface area contributed by atoms with Crippen LogP contribution in [0.3, 0.4) is 0 Å². The van der Waals surface area contributed by atoms with Crippen molar-refractivity contribution in [2.45, 2.75) is 26.3 Å². The fourth-order valence-corrected chi connectivity index (χ4v) is 4.12. The van der Waals surface area contributed by atoms with Crippen molar-refractivity contribution in [2.24, 2.45) is 0 Å². The summed E-state index contributed by atoms with van der Waals surface area (Å²) < 4.78 is 5.08. The van der Waals surface area contributed by atoms with Gasteiger partial charge in [-0.2, -0.15) is 0 Å². The second-order valence-electron chi connectivity index (χ2n) is 6.65. The number of thiophene rings is 1. The zero-order chi connectivity index (χ0) is 19.6. The van der Waals surface area contributed by atoms with Crippen LogP contribution in [0.2, 0.25) is 0 Å². The fourth-order valence-electron chi connectivity index (χ4n) is 3.28. The van der Waals surface area contributed by atoms with Gasteiger partial charge in [-0.1, -0.05) is 18.2 Å². The monoisotopic (exact) mass is 385 g/mol. The molecule has 0 saturated carbocycles. The van der Waals surface area contributed by atoms with Gasteiger partial charge in [0.25, 0.3) is 11.7 Å². The van der Waals surface area contributed by atoms with E-state index in [-0.39, 0.29) is 11.3 Å². The SMILES string of the molecule is COCCCN1C(=O)C(=O)/C(=C(\O)c2ccc(C)c(C)c2)C1c1cccs1. The normalized spacial score (nSPS) is 19.1. The molecule has 1 unspecified atom stereocenters. The van der Waals surface area contributed by atoms with Crippen molar-refractivity contribution in [3.63, 3.8) is 0 Å². The van der Waals surface area contributed by atoms with E-state index in [0.717, 1.165) is 16.0 Å². The zero-order valence-corrected chi connectivity index (χ0v) is 16.5. The highest BCUT2D eigenvalue weighted by Gasteiger charge is 2.46. The summed E-state index contributed by atoms with van der Waals surface area (Å²) in [6.45, 7) is 4.83. The summed E-state index contributed by atoms with van der Waals surface area (Å²) in [5.41, 5.74) is 2.82. The highest BCUT2D eigenvalue weighted by atomic mass is 32.1. The molecule has 3 rings (SSSR count). The average molecular weight is 385 g/mol. The molecular weight excluding hydrogens is 362 g/mol. The standard InChI is InChI=1S/C21H23NO4S/c1-13-7-8-15(12-14(13)2)19(23)17-18(16-6-4-11-27-16)22(9-5-10-26-3)21(25)20(17)24/h4,6-8,11-12,18,23H,5,9-10H2,1-3H3/b19-17-. The van der Waals surface area contributed by atoms with Crippen LogP contribution in [0.4, 0.5) is 0 Å². The Morgan fingerprint density at radius 3 is 2.63 bits per heavy atom. The van der Waals surface area contributed by atoms with E-state index in [9.17, 15) is 14.7 Å². The van der Waals surface area contributed by atoms with Gasteiger partial charge in [0, 0.05) is 30.7 Å². The molecule has 0 aliphatic carbocycles. The number of hydrogen-bond donors (Lipinski definition) is 1. The summed E-state index contributed by atoms with van der Waals surface area (Å²) >= 11 is 1.47. The van der Waals surface area contributed by atoms with E-state index in [2.05, 4.69) is 0 Å². The molecular formula is C21H23NO4S. The first-order chi connectivity index (χ1) is 13.0. The molecule has 1 aliphatic heterocycles. The van der Waals surface area contributed by atoms with Crippen molar-refractivity contribution in [2.75, 3.05) is 20.3 Å². The van der Waals surface area contributed by atoms with Crippen LogP contribution in [0.15, 0.2) is 41.3 Å². The van der Waals surface area contributed by atoms with Gasteiger partial charge in [-0.3, -0.25) is 9.59 Å². The molecule has 1 amide bonds. The Hall–Kier alpha value is -2.44. The van der Waals surface area contributed by atoms with Gasteiger partial charge in [-0.15, -0.1) is 11.3 Å². The number of aryl methyl sites for hydroxylation is 2. The molecule has 2 heterocycles. The van der Waals surface area contributed by atoms with E-state index in [1.807, 2.05) is 43.5 Å². The number of methoxy groups -OCH3 is 1. The van der Waals surface area contributed by atoms with E-state index in [4.69, 9.17) is 4.74 Å². The number of hydrogen-bond acceptors (Lipinski definition) is 5. The van der Waals surface area contributed by atoms with E-state index in [0.29, 0.717) is 25.1 Å². The van der Waals surface area contributed by atoms with E-state index < -0.39 is 17.7 Å². The maximum Gasteiger partial charge on any atom is 0.295 e. The predicted octanol–water partition coefficient (Wildman–Crippen LogP) is 3.82. The Bertz CT molecular complexity index is 886. The molecule has 1 atom stereocenters. The van der Waals surface area contributed by atoms with Gasteiger partial charge < -0.3 is 14.7 Å². The van der Waals surface area contributed by atoms with Gasteiger partial charge in [0.2, 0.25) is 0 Å². The smallest absolute Gasteiger partial charge is 0.295 e. The number of benzene rings is 1. The maximum absolute atomic E-state index is 12.8. The highest BCUT2D eigenvalue weighted by molar-refractivity contribution is 7.10. The Labute approximate surface area is 162 Å². The Morgan fingerprint density at radius 1 is 1.22 bits per heavy atom. The van der Waals surface area contributed by atoms with Gasteiger partial charge in [0.1, 0.15) is 5.76 Å². The third-order valence-electron chi connectivity index (χ3n) is 4.88. The van der Waals surface area contributed by atoms with Crippen LogP contribution in [0.25, 0.3) is 5.76 Å². The number of nitrogens with zero attached hydrogens (tertiary/aromatic N) is 1. The van der Waals surface area contributed by atoms with Gasteiger partial charge in [0.15, 0.2) is 0 Å². The van der Waals surface area contributed by atoms with Crippen LogP contribution in [0, 0.1) is 13.8 Å². The quantitative estimate of drug-likeness (QED) is 0.355. The first kappa shape index (κ1) is 19.3. The molecule has 1 aliphatic rings. The number of carbonyl (C=O) groups excluding carboxylic acids is 2. The van der Waals surface area contributed by atoms with Crippen LogP contribution in [0.1, 0.15) is 34.0 Å². The minimum Gasteiger partial charge on any atom is -0.507 e. The van der Waals surface area contributed by atoms with Crippen molar-refractivity contribution in [3.05, 3.63) is 62.9 Å². The highest BCUT2D eigenvalue weighted by Crippen LogP contribution is 2.41. The number of likely N-dealkylation sites (tertiary alicyclic amines) is 1. The van der Waals surface area contributed by atoms with Crippen molar-refractivity contribution >= 4 is 28.8 Å². The molecule has 1 aromatic heterocycles. The summed E-state index contributed by atoms with van der Waals surface area (Å²) in [6.07, 6.45) is 0.620. The summed E-state index contributed by atoms with van der Waals surface area (Å²) in [6, 6.07) is 8.72.